The van der Waals surface area contributed by atoms with Crippen molar-refractivity contribution in [2.24, 2.45) is 0 Å². The highest BCUT2D eigenvalue weighted by Gasteiger charge is 2.19. The van der Waals surface area contributed by atoms with Gasteiger partial charge in [-0.05, 0) is 41.0 Å². The van der Waals surface area contributed by atoms with Crippen molar-refractivity contribution in [1.29, 1.82) is 0 Å². The summed E-state index contributed by atoms with van der Waals surface area (Å²) < 4.78 is 4.22. The van der Waals surface area contributed by atoms with Gasteiger partial charge in [-0.2, -0.15) is 0 Å². The molecule has 0 spiro atoms. The van der Waals surface area contributed by atoms with Gasteiger partial charge in [-0.3, -0.25) is 0 Å². The normalized spacial score (nSPS) is 15.2. The van der Waals surface area contributed by atoms with Crippen molar-refractivity contribution < 1.29 is 0 Å². The molecule has 0 aromatic heterocycles. The van der Waals surface area contributed by atoms with Crippen LogP contribution in [0.5, 0.6) is 0 Å². The predicted octanol–water partition coefficient (Wildman–Crippen LogP) is 6.47. The molecule has 0 atom stereocenters. The monoisotopic (exact) mass is 334 g/mol. The minimum atomic E-state index is 1.28. The molecule has 0 bridgehead atoms. The van der Waals surface area contributed by atoms with Crippen LogP contribution in [-0.4, -0.2) is 12.5 Å². The number of thioether (sulfide) groups is 4. The number of benzene rings is 2. The van der Waals surface area contributed by atoms with Crippen LogP contribution in [0.15, 0.2) is 55.2 Å². The van der Waals surface area contributed by atoms with E-state index in [1.807, 2.05) is 47.0 Å². The fraction of sp³-hybridized carbons (Fsp3) is 0.125. The van der Waals surface area contributed by atoms with Crippen molar-refractivity contribution in [3.63, 3.8) is 0 Å². The molecule has 0 amide bonds. The molecule has 0 fully saturated rings. The predicted molar refractivity (Wildman–Crippen MR) is 101 cm³/mol. The Kier molecular flexibility index (Phi) is 4.76. The first kappa shape index (κ1) is 14.5. The Hall–Kier alpha value is -0.420. The molecule has 3 rings (SSSR count). The van der Waals surface area contributed by atoms with Crippen LogP contribution in [0.4, 0.5) is 0 Å². The third-order valence-electron chi connectivity index (χ3n) is 2.98. The fourth-order valence-electron chi connectivity index (χ4n) is 2.03. The Morgan fingerprint density at radius 2 is 1.50 bits per heavy atom. The molecular formula is C16H14S4. The number of hydrogen-bond donors (Lipinski definition) is 0. The van der Waals surface area contributed by atoms with E-state index >= 15 is 0 Å². The van der Waals surface area contributed by atoms with Crippen LogP contribution >= 0.6 is 47.0 Å². The minimum absolute atomic E-state index is 1.28. The van der Waals surface area contributed by atoms with Crippen molar-refractivity contribution >= 4 is 63.9 Å². The van der Waals surface area contributed by atoms with Crippen LogP contribution in [0.25, 0.3) is 16.8 Å². The lowest BCUT2D eigenvalue weighted by Crippen LogP contribution is -1.75. The molecule has 0 unspecified atom stereocenters. The maximum absolute atomic E-state index is 2.29. The van der Waals surface area contributed by atoms with Gasteiger partial charge < -0.3 is 0 Å². The molecule has 0 saturated heterocycles. The van der Waals surface area contributed by atoms with Gasteiger partial charge in [0.1, 0.15) is 0 Å². The van der Waals surface area contributed by atoms with E-state index in [0.717, 1.165) is 0 Å². The summed E-state index contributed by atoms with van der Waals surface area (Å²) in [6, 6.07) is 15.2. The Balaban J connectivity index is 1.88. The summed E-state index contributed by atoms with van der Waals surface area (Å²) in [5.41, 5.74) is 1.28. The zero-order chi connectivity index (χ0) is 13.9. The smallest absolute Gasteiger partial charge is 0.0657 e. The molecule has 2 aromatic rings. The first-order valence-corrected chi connectivity index (χ1v) is 10.3. The summed E-state index contributed by atoms with van der Waals surface area (Å²) in [4.78, 5) is 0. The van der Waals surface area contributed by atoms with Crippen molar-refractivity contribution in [2.75, 3.05) is 12.5 Å². The van der Waals surface area contributed by atoms with Gasteiger partial charge >= 0.3 is 0 Å². The van der Waals surface area contributed by atoms with Gasteiger partial charge in [-0.15, -0.1) is 23.5 Å². The second kappa shape index (κ2) is 6.56. The summed E-state index contributed by atoms with van der Waals surface area (Å²) >= 11 is 7.46. The van der Waals surface area contributed by atoms with Gasteiger partial charge in [0, 0.05) is 0 Å². The van der Waals surface area contributed by atoms with Gasteiger partial charge in [0.2, 0.25) is 0 Å². The summed E-state index contributed by atoms with van der Waals surface area (Å²) in [5, 5.41) is 2.60. The molecule has 0 nitrogen and oxygen atoms in total. The standard InChI is InChI=1S/C16H14S4/c1-17-15-16(18-2)20-14(19-15)10-11-7-8-12-5-3-4-6-13(12)9-11/h3-10H,1-2H3. The van der Waals surface area contributed by atoms with Crippen molar-refractivity contribution in [2.45, 2.75) is 0 Å². The lowest BCUT2D eigenvalue weighted by Gasteiger charge is -2.01. The Bertz CT molecular complexity index is 682. The van der Waals surface area contributed by atoms with Gasteiger partial charge in [0.15, 0.2) is 0 Å². The van der Waals surface area contributed by atoms with E-state index in [2.05, 4.69) is 61.1 Å². The van der Waals surface area contributed by atoms with Crippen molar-refractivity contribution in [1.82, 2.24) is 0 Å². The second-order valence-corrected chi connectivity index (χ2v) is 8.77. The van der Waals surface area contributed by atoms with Gasteiger partial charge in [0.25, 0.3) is 0 Å². The summed E-state index contributed by atoms with van der Waals surface area (Å²) in [5.74, 6) is 0. The third-order valence-corrected chi connectivity index (χ3v) is 8.07. The highest BCUT2D eigenvalue weighted by atomic mass is 32.3. The first-order chi connectivity index (χ1) is 9.80. The Labute approximate surface area is 136 Å². The third kappa shape index (κ3) is 3.08. The van der Waals surface area contributed by atoms with Gasteiger partial charge in [0.05, 0.1) is 12.7 Å². The molecule has 0 aliphatic carbocycles. The number of fused-ring (bicyclic) bond motifs is 1. The first-order valence-electron chi connectivity index (χ1n) is 6.18. The molecule has 0 radical (unpaired) electrons. The molecule has 0 N–H and O–H groups in total. The van der Waals surface area contributed by atoms with Crippen LogP contribution in [-0.2, 0) is 0 Å². The molecule has 20 heavy (non-hydrogen) atoms. The highest BCUT2D eigenvalue weighted by molar-refractivity contribution is 8.40. The van der Waals surface area contributed by atoms with Crippen molar-refractivity contribution in [3.8, 4) is 0 Å². The van der Waals surface area contributed by atoms with E-state index < -0.39 is 0 Å². The molecule has 1 aliphatic heterocycles. The number of hydrogen-bond acceptors (Lipinski definition) is 4. The van der Waals surface area contributed by atoms with Crippen LogP contribution < -0.4 is 0 Å². The average molecular weight is 335 g/mol. The quantitative estimate of drug-likeness (QED) is 0.630. The summed E-state index contributed by atoms with van der Waals surface area (Å²) in [6.45, 7) is 0. The van der Waals surface area contributed by atoms with Gasteiger partial charge in [-0.25, -0.2) is 0 Å². The molecule has 1 heterocycles. The highest BCUT2D eigenvalue weighted by Crippen LogP contribution is 2.56. The van der Waals surface area contributed by atoms with E-state index in [4.69, 9.17) is 0 Å². The molecular weight excluding hydrogens is 320 g/mol. The van der Waals surface area contributed by atoms with Crippen LogP contribution in [0, 0.1) is 0 Å². The average Bonchev–Trinajstić information content (AvgIpc) is 2.89. The molecule has 102 valence electrons. The lowest BCUT2D eigenvalue weighted by molar-refractivity contribution is 1.71. The summed E-state index contributed by atoms with van der Waals surface area (Å²) in [6.07, 6.45) is 6.59. The zero-order valence-electron chi connectivity index (χ0n) is 11.3. The van der Waals surface area contributed by atoms with Crippen LogP contribution in [0.1, 0.15) is 5.56 Å². The molecule has 0 saturated carbocycles. The maximum Gasteiger partial charge on any atom is 0.0657 e. The van der Waals surface area contributed by atoms with E-state index in [9.17, 15) is 0 Å². The van der Waals surface area contributed by atoms with Crippen LogP contribution in [0.3, 0.4) is 0 Å². The van der Waals surface area contributed by atoms with E-state index in [-0.39, 0.29) is 0 Å². The molecule has 1 aliphatic rings. The Morgan fingerprint density at radius 3 is 2.15 bits per heavy atom. The second-order valence-electron chi connectivity index (χ2n) is 4.26. The van der Waals surface area contributed by atoms with E-state index in [1.165, 1.54) is 29.0 Å². The summed E-state index contributed by atoms with van der Waals surface area (Å²) in [7, 11) is 0. The zero-order valence-corrected chi connectivity index (χ0v) is 14.5. The topological polar surface area (TPSA) is 0 Å². The van der Waals surface area contributed by atoms with Gasteiger partial charge in [-0.1, -0.05) is 59.9 Å². The largest absolute Gasteiger partial charge is 0.121 e. The molecule has 2 aromatic carbocycles. The maximum atomic E-state index is 2.29. The fourth-order valence-corrected chi connectivity index (χ4v) is 6.97. The van der Waals surface area contributed by atoms with E-state index in [0.29, 0.717) is 0 Å². The Morgan fingerprint density at radius 1 is 0.850 bits per heavy atom. The van der Waals surface area contributed by atoms with Crippen LogP contribution in [0.2, 0.25) is 0 Å². The lowest BCUT2D eigenvalue weighted by atomic mass is 10.1. The number of rotatable bonds is 3. The van der Waals surface area contributed by atoms with Crippen molar-refractivity contribution in [3.05, 3.63) is 60.7 Å². The van der Waals surface area contributed by atoms with E-state index in [1.54, 1.807) is 0 Å². The molecule has 4 heteroatoms. The minimum Gasteiger partial charge on any atom is -0.121 e. The SMILES string of the molecule is CSC1=C(SC)SC(=Cc2ccc3ccccc3c2)S1.